The van der Waals surface area contributed by atoms with E-state index in [1.54, 1.807) is 0 Å². The predicted octanol–water partition coefficient (Wildman–Crippen LogP) is 3.28. The molecule has 0 aliphatic carbocycles. The third kappa shape index (κ3) is 2.85. The lowest BCUT2D eigenvalue weighted by molar-refractivity contribution is 0.665. The van der Waals surface area contributed by atoms with Crippen molar-refractivity contribution in [1.82, 2.24) is 4.98 Å². The zero-order valence-electron chi connectivity index (χ0n) is 10.8. The number of aromatic nitrogens is 1. The van der Waals surface area contributed by atoms with Crippen molar-refractivity contribution in [2.24, 2.45) is 5.73 Å². The van der Waals surface area contributed by atoms with Crippen molar-refractivity contribution in [3.8, 4) is 0 Å². The molecule has 2 aromatic carbocycles. The molecule has 3 N–H and O–H groups in total. The minimum Gasteiger partial charge on any atom is -0.361 e. The quantitative estimate of drug-likeness (QED) is 0.733. The van der Waals surface area contributed by atoms with Gasteiger partial charge in [0.2, 0.25) is 0 Å². The highest BCUT2D eigenvalue weighted by Crippen LogP contribution is 2.16. The molecule has 0 amide bonds. The topological polar surface area (TPSA) is 41.8 Å². The van der Waals surface area contributed by atoms with Crippen molar-refractivity contribution in [2.75, 3.05) is 0 Å². The Morgan fingerprint density at radius 2 is 1.68 bits per heavy atom. The van der Waals surface area contributed by atoms with Crippen molar-refractivity contribution >= 4 is 10.9 Å². The molecule has 96 valence electrons. The van der Waals surface area contributed by atoms with Crippen LogP contribution < -0.4 is 5.73 Å². The fraction of sp³-hybridized carbons (Fsp3) is 0.176. The number of aromatic amines is 1. The number of fused-ring (bicyclic) bond motifs is 1. The van der Waals surface area contributed by atoms with E-state index in [2.05, 4.69) is 53.5 Å². The molecule has 1 aromatic heterocycles. The number of hydrogen-bond donors (Lipinski definition) is 2. The predicted molar refractivity (Wildman–Crippen MR) is 80.1 cm³/mol. The maximum atomic E-state index is 6.25. The third-order valence-corrected chi connectivity index (χ3v) is 3.46. The molecule has 19 heavy (non-hydrogen) atoms. The third-order valence-electron chi connectivity index (χ3n) is 3.46. The molecule has 0 saturated heterocycles. The second-order valence-electron chi connectivity index (χ2n) is 5.05. The minimum absolute atomic E-state index is 0.166. The maximum absolute atomic E-state index is 6.25. The van der Waals surface area contributed by atoms with Crippen LogP contribution in [-0.4, -0.2) is 11.0 Å². The molecule has 1 atom stereocenters. The van der Waals surface area contributed by atoms with Gasteiger partial charge in [-0.05, 0) is 47.6 Å². The van der Waals surface area contributed by atoms with E-state index in [1.807, 2.05) is 12.3 Å². The van der Waals surface area contributed by atoms with Gasteiger partial charge in [-0.3, -0.25) is 0 Å². The summed E-state index contributed by atoms with van der Waals surface area (Å²) in [4.78, 5) is 3.21. The van der Waals surface area contributed by atoms with Crippen molar-refractivity contribution in [3.63, 3.8) is 0 Å². The van der Waals surface area contributed by atoms with E-state index in [0.29, 0.717) is 0 Å². The molecule has 2 heteroatoms. The van der Waals surface area contributed by atoms with Gasteiger partial charge in [0.05, 0.1) is 0 Å². The zero-order chi connectivity index (χ0) is 13.1. The molecule has 0 bridgehead atoms. The van der Waals surface area contributed by atoms with E-state index >= 15 is 0 Å². The van der Waals surface area contributed by atoms with Gasteiger partial charge in [-0.1, -0.05) is 36.4 Å². The summed E-state index contributed by atoms with van der Waals surface area (Å²) in [6.07, 6.45) is 3.81. The number of hydrogen-bond acceptors (Lipinski definition) is 1. The van der Waals surface area contributed by atoms with Gasteiger partial charge < -0.3 is 10.7 Å². The van der Waals surface area contributed by atoms with Crippen LogP contribution >= 0.6 is 0 Å². The highest BCUT2D eigenvalue weighted by atomic mass is 14.7. The molecule has 3 rings (SSSR count). The SMILES string of the molecule is NC(Cc1ccccc1)Cc1ccc2[nH]ccc2c1. The van der Waals surface area contributed by atoms with Crippen molar-refractivity contribution in [3.05, 3.63) is 71.9 Å². The van der Waals surface area contributed by atoms with Crippen LogP contribution in [0.15, 0.2) is 60.8 Å². The van der Waals surface area contributed by atoms with Crippen molar-refractivity contribution in [1.29, 1.82) is 0 Å². The van der Waals surface area contributed by atoms with Gasteiger partial charge in [0.15, 0.2) is 0 Å². The normalized spacial score (nSPS) is 12.7. The van der Waals surface area contributed by atoms with Crippen molar-refractivity contribution in [2.45, 2.75) is 18.9 Å². The molecule has 1 heterocycles. The Balaban J connectivity index is 1.70. The van der Waals surface area contributed by atoms with Gasteiger partial charge in [-0.15, -0.1) is 0 Å². The van der Waals surface area contributed by atoms with Gasteiger partial charge in [0.25, 0.3) is 0 Å². The first-order chi connectivity index (χ1) is 9.31. The van der Waals surface area contributed by atoms with Gasteiger partial charge in [-0.2, -0.15) is 0 Å². The lowest BCUT2D eigenvalue weighted by Gasteiger charge is -2.12. The van der Waals surface area contributed by atoms with Gasteiger partial charge in [0.1, 0.15) is 0 Å². The molecule has 0 aliphatic rings. The number of benzene rings is 2. The van der Waals surface area contributed by atoms with Gasteiger partial charge in [-0.25, -0.2) is 0 Å². The van der Waals surface area contributed by atoms with Crippen LogP contribution in [0.3, 0.4) is 0 Å². The number of nitrogens with one attached hydrogen (secondary N) is 1. The molecule has 1 unspecified atom stereocenters. The summed E-state index contributed by atoms with van der Waals surface area (Å²) in [5.41, 5.74) is 10.0. The average molecular weight is 250 g/mol. The van der Waals surface area contributed by atoms with Crippen LogP contribution in [0.25, 0.3) is 10.9 Å². The summed E-state index contributed by atoms with van der Waals surface area (Å²) in [5, 5.41) is 1.25. The second-order valence-corrected chi connectivity index (χ2v) is 5.05. The lowest BCUT2D eigenvalue weighted by atomic mass is 9.99. The number of nitrogens with two attached hydrogens (primary N) is 1. The monoisotopic (exact) mass is 250 g/mol. The molecule has 0 radical (unpaired) electrons. The zero-order valence-corrected chi connectivity index (χ0v) is 10.8. The lowest BCUT2D eigenvalue weighted by Crippen LogP contribution is -2.25. The fourth-order valence-electron chi connectivity index (χ4n) is 2.52. The molecular formula is C17H18N2. The van der Waals surface area contributed by atoms with Crippen LogP contribution in [-0.2, 0) is 12.8 Å². The summed E-state index contributed by atoms with van der Waals surface area (Å²) in [7, 11) is 0. The molecule has 0 saturated carbocycles. The highest BCUT2D eigenvalue weighted by Gasteiger charge is 2.06. The van der Waals surface area contributed by atoms with Crippen LogP contribution in [0.1, 0.15) is 11.1 Å². The van der Waals surface area contributed by atoms with Gasteiger partial charge >= 0.3 is 0 Å². The Hall–Kier alpha value is -2.06. The smallest absolute Gasteiger partial charge is 0.0454 e. The van der Waals surface area contributed by atoms with E-state index < -0.39 is 0 Å². The van der Waals surface area contributed by atoms with E-state index in [-0.39, 0.29) is 6.04 Å². The summed E-state index contributed by atoms with van der Waals surface area (Å²) in [6.45, 7) is 0. The Morgan fingerprint density at radius 1 is 0.895 bits per heavy atom. The molecule has 0 spiro atoms. The second kappa shape index (κ2) is 5.29. The standard InChI is InChI=1S/C17H18N2/c18-16(11-13-4-2-1-3-5-13)12-14-6-7-17-15(10-14)8-9-19-17/h1-10,16,19H,11-12,18H2. The summed E-state index contributed by atoms with van der Waals surface area (Å²) in [5.74, 6) is 0. The Bertz CT molecular complexity index is 655. The molecule has 3 aromatic rings. The van der Waals surface area contributed by atoms with Crippen LogP contribution in [0.5, 0.6) is 0 Å². The Kier molecular flexibility index (Phi) is 3.34. The van der Waals surface area contributed by atoms with Crippen LogP contribution in [0.2, 0.25) is 0 Å². The molecular weight excluding hydrogens is 232 g/mol. The van der Waals surface area contributed by atoms with E-state index in [4.69, 9.17) is 5.73 Å². The Labute approximate surface area is 113 Å². The van der Waals surface area contributed by atoms with E-state index in [9.17, 15) is 0 Å². The van der Waals surface area contributed by atoms with Crippen LogP contribution in [0.4, 0.5) is 0 Å². The van der Waals surface area contributed by atoms with Crippen LogP contribution in [0, 0.1) is 0 Å². The average Bonchev–Trinajstić information content (AvgIpc) is 2.87. The first kappa shape index (κ1) is 12.0. The first-order valence-corrected chi connectivity index (χ1v) is 6.67. The van der Waals surface area contributed by atoms with Crippen molar-refractivity contribution < 1.29 is 0 Å². The summed E-state index contributed by atoms with van der Waals surface area (Å²) < 4.78 is 0. The highest BCUT2D eigenvalue weighted by molar-refractivity contribution is 5.79. The Morgan fingerprint density at radius 3 is 2.53 bits per heavy atom. The molecule has 2 nitrogen and oxygen atoms in total. The van der Waals surface area contributed by atoms with Gasteiger partial charge in [0, 0.05) is 17.8 Å². The fourth-order valence-corrected chi connectivity index (χ4v) is 2.52. The molecule has 0 fully saturated rings. The molecule has 0 aliphatic heterocycles. The summed E-state index contributed by atoms with van der Waals surface area (Å²) >= 11 is 0. The van der Waals surface area contributed by atoms with E-state index in [0.717, 1.165) is 12.8 Å². The maximum Gasteiger partial charge on any atom is 0.0454 e. The number of rotatable bonds is 4. The summed E-state index contributed by atoms with van der Waals surface area (Å²) in [6, 6.07) is 19.2. The minimum atomic E-state index is 0.166. The largest absolute Gasteiger partial charge is 0.361 e. The number of H-pyrrole nitrogens is 1. The van der Waals surface area contributed by atoms with E-state index in [1.165, 1.54) is 22.0 Å². The first-order valence-electron chi connectivity index (χ1n) is 6.67.